The normalized spacial score (nSPS) is 17.0. The van der Waals surface area contributed by atoms with E-state index in [0.717, 1.165) is 44.1 Å². The van der Waals surface area contributed by atoms with E-state index in [9.17, 15) is 10.1 Å². The van der Waals surface area contributed by atoms with Crippen LogP contribution in [0.3, 0.4) is 0 Å². The maximum Gasteiger partial charge on any atom is 0.235 e. The lowest BCUT2D eigenvalue weighted by Crippen LogP contribution is -2.51. The summed E-state index contributed by atoms with van der Waals surface area (Å²) in [6, 6.07) is 15.0. The molecule has 1 aliphatic carbocycles. The summed E-state index contributed by atoms with van der Waals surface area (Å²) in [5.74, 6) is -0.106. The van der Waals surface area contributed by atoms with Crippen LogP contribution < -0.4 is 10.6 Å². The van der Waals surface area contributed by atoms with Gasteiger partial charge in [0.05, 0.1) is 18.7 Å². The second-order valence-corrected chi connectivity index (χ2v) is 8.21. The molecule has 27 heavy (non-hydrogen) atoms. The number of nitrogens with one attached hydrogen (secondary N) is 2. The molecule has 4 nitrogen and oxygen atoms in total. The molecule has 1 aromatic carbocycles. The zero-order valence-electron chi connectivity index (χ0n) is 15.8. The summed E-state index contributed by atoms with van der Waals surface area (Å²) in [7, 11) is 0. The van der Waals surface area contributed by atoms with Crippen molar-refractivity contribution < 1.29 is 4.79 Å². The number of nitriles is 1. The average molecular weight is 382 g/mol. The first-order chi connectivity index (χ1) is 13.2. The van der Waals surface area contributed by atoms with E-state index >= 15 is 0 Å². The Bertz CT molecular complexity index is 771. The third-order valence-corrected chi connectivity index (χ3v) is 6.25. The van der Waals surface area contributed by atoms with Gasteiger partial charge >= 0.3 is 0 Å². The molecule has 1 amide bonds. The van der Waals surface area contributed by atoms with Crippen molar-refractivity contribution in [2.24, 2.45) is 0 Å². The number of amides is 1. The van der Waals surface area contributed by atoms with Crippen LogP contribution in [0.1, 0.15) is 61.1 Å². The van der Waals surface area contributed by atoms with Gasteiger partial charge in [-0.05, 0) is 41.8 Å². The van der Waals surface area contributed by atoms with Crippen LogP contribution >= 0.6 is 11.3 Å². The SMILES string of the molecule is CCc1ccc([C@H](NCC(=O)NC2(C#N)CCCCC2)c2cccs2)cc1. The molecule has 0 unspecified atom stereocenters. The van der Waals surface area contributed by atoms with Crippen LogP contribution in [0.5, 0.6) is 0 Å². The molecule has 1 heterocycles. The molecule has 1 saturated carbocycles. The zero-order chi connectivity index (χ0) is 19.1. The van der Waals surface area contributed by atoms with E-state index in [1.807, 2.05) is 6.07 Å². The summed E-state index contributed by atoms with van der Waals surface area (Å²) in [5, 5.41) is 18.0. The topological polar surface area (TPSA) is 64.9 Å². The standard InChI is InChI=1S/C22H27N3OS/c1-2-17-8-10-18(11-9-17)21(19-7-6-14-27-19)24-15-20(26)25-22(16-23)12-4-3-5-13-22/h6-11,14,21,24H,2-5,12-13,15H2,1H3,(H,25,26)/t21-/m0/s1. The average Bonchev–Trinajstić information content (AvgIpc) is 3.24. The highest BCUT2D eigenvalue weighted by molar-refractivity contribution is 7.10. The van der Waals surface area contributed by atoms with Gasteiger partial charge in [0.1, 0.15) is 5.54 Å². The van der Waals surface area contributed by atoms with Crippen LogP contribution in [0, 0.1) is 11.3 Å². The summed E-state index contributed by atoms with van der Waals surface area (Å²) < 4.78 is 0. The molecule has 0 aliphatic heterocycles. The molecule has 0 spiro atoms. The van der Waals surface area contributed by atoms with Gasteiger partial charge in [0, 0.05) is 4.88 Å². The van der Waals surface area contributed by atoms with E-state index in [1.165, 1.54) is 10.4 Å². The van der Waals surface area contributed by atoms with Crippen molar-refractivity contribution in [3.05, 3.63) is 57.8 Å². The third kappa shape index (κ3) is 4.97. The predicted molar refractivity (Wildman–Crippen MR) is 110 cm³/mol. The van der Waals surface area contributed by atoms with Crippen LogP contribution in [0.25, 0.3) is 0 Å². The Balaban J connectivity index is 1.67. The highest BCUT2D eigenvalue weighted by atomic mass is 32.1. The quantitative estimate of drug-likeness (QED) is 0.750. The Morgan fingerprint density at radius 2 is 1.96 bits per heavy atom. The number of carbonyl (C=O) groups is 1. The molecule has 0 bridgehead atoms. The minimum absolute atomic E-state index is 0.0222. The monoisotopic (exact) mass is 381 g/mol. The van der Waals surface area contributed by atoms with Crippen molar-refractivity contribution in [2.45, 2.75) is 57.0 Å². The number of aryl methyl sites for hydroxylation is 1. The maximum absolute atomic E-state index is 12.6. The Morgan fingerprint density at radius 3 is 2.56 bits per heavy atom. The van der Waals surface area contributed by atoms with Gasteiger partial charge in [-0.25, -0.2) is 0 Å². The summed E-state index contributed by atoms with van der Waals surface area (Å²) in [6.07, 6.45) is 5.66. The molecule has 5 heteroatoms. The Morgan fingerprint density at radius 1 is 1.22 bits per heavy atom. The maximum atomic E-state index is 12.6. The van der Waals surface area contributed by atoms with Gasteiger partial charge in [-0.15, -0.1) is 11.3 Å². The van der Waals surface area contributed by atoms with Crippen LogP contribution in [0.2, 0.25) is 0 Å². The Kier molecular flexibility index (Phi) is 6.65. The second kappa shape index (κ2) is 9.16. The first-order valence-electron chi connectivity index (χ1n) is 9.74. The molecule has 142 valence electrons. The van der Waals surface area contributed by atoms with Gasteiger partial charge in [-0.2, -0.15) is 5.26 Å². The van der Waals surface area contributed by atoms with E-state index in [2.05, 4.69) is 59.3 Å². The van der Waals surface area contributed by atoms with E-state index in [0.29, 0.717) is 0 Å². The number of hydrogen-bond donors (Lipinski definition) is 2. The minimum Gasteiger partial charge on any atom is -0.337 e. The fourth-order valence-corrected chi connectivity index (χ4v) is 4.54. The lowest BCUT2D eigenvalue weighted by atomic mass is 9.83. The smallest absolute Gasteiger partial charge is 0.235 e. The molecule has 0 radical (unpaired) electrons. The van der Waals surface area contributed by atoms with Crippen molar-refractivity contribution >= 4 is 17.2 Å². The summed E-state index contributed by atoms with van der Waals surface area (Å²) in [6.45, 7) is 2.34. The lowest BCUT2D eigenvalue weighted by Gasteiger charge is -2.31. The van der Waals surface area contributed by atoms with Crippen LogP contribution in [0.4, 0.5) is 0 Å². The number of carbonyl (C=O) groups excluding carboxylic acids is 1. The molecule has 2 aromatic rings. The molecular formula is C22H27N3OS. The predicted octanol–water partition coefficient (Wildman–Crippen LogP) is 4.33. The van der Waals surface area contributed by atoms with Crippen LogP contribution in [0.15, 0.2) is 41.8 Å². The molecule has 1 aliphatic rings. The van der Waals surface area contributed by atoms with E-state index in [4.69, 9.17) is 0 Å². The summed E-state index contributed by atoms with van der Waals surface area (Å²) in [5.41, 5.74) is 1.77. The minimum atomic E-state index is -0.682. The fourth-order valence-electron chi connectivity index (χ4n) is 3.71. The molecule has 1 atom stereocenters. The van der Waals surface area contributed by atoms with E-state index in [1.54, 1.807) is 11.3 Å². The largest absolute Gasteiger partial charge is 0.337 e. The number of benzene rings is 1. The van der Waals surface area contributed by atoms with Crippen molar-refractivity contribution in [1.29, 1.82) is 5.26 Å². The molecule has 1 fully saturated rings. The van der Waals surface area contributed by atoms with Gasteiger partial charge in [0.25, 0.3) is 0 Å². The highest BCUT2D eigenvalue weighted by Crippen LogP contribution is 2.28. The fraction of sp³-hybridized carbons (Fsp3) is 0.455. The van der Waals surface area contributed by atoms with Gasteiger partial charge in [0.2, 0.25) is 5.91 Å². The van der Waals surface area contributed by atoms with Gasteiger partial charge in [0.15, 0.2) is 0 Å². The van der Waals surface area contributed by atoms with Gasteiger partial charge < -0.3 is 5.32 Å². The van der Waals surface area contributed by atoms with Crippen LogP contribution in [-0.4, -0.2) is 18.0 Å². The lowest BCUT2D eigenvalue weighted by molar-refractivity contribution is -0.122. The van der Waals surface area contributed by atoms with Crippen LogP contribution in [-0.2, 0) is 11.2 Å². The molecule has 1 aromatic heterocycles. The van der Waals surface area contributed by atoms with Gasteiger partial charge in [-0.1, -0.05) is 56.5 Å². The Hall–Kier alpha value is -2.16. The Labute approximate surface area is 165 Å². The zero-order valence-corrected chi connectivity index (χ0v) is 16.6. The third-order valence-electron chi connectivity index (χ3n) is 5.32. The summed E-state index contributed by atoms with van der Waals surface area (Å²) >= 11 is 1.68. The number of hydrogen-bond acceptors (Lipinski definition) is 4. The highest BCUT2D eigenvalue weighted by Gasteiger charge is 2.33. The number of nitrogens with zero attached hydrogens (tertiary/aromatic N) is 1. The number of thiophene rings is 1. The molecular weight excluding hydrogens is 354 g/mol. The van der Waals surface area contributed by atoms with Crippen molar-refractivity contribution in [3.63, 3.8) is 0 Å². The molecule has 0 saturated heterocycles. The number of rotatable bonds is 7. The molecule has 3 rings (SSSR count). The van der Waals surface area contributed by atoms with Crippen molar-refractivity contribution in [3.8, 4) is 6.07 Å². The molecule has 2 N–H and O–H groups in total. The van der Waals surface area contributed by atoms with E-state index in [-0.39, 0.29) is 18.5 Å². The second-order valence-electron chi connectivity index (χ2n) is 7.23. The van der Waals surface area contributed by atoms with E-state index < -0.39 is 5.54 Å². The van der Waals surface area contributed by atoms with Gasteiger partial charge in [-0.3, -0.25) is 10.1 Å². The first-order valence-corrected chi connectivity index (χ1v) is 10.6. The van der Waals surface area contributed by atoms with Crippen molar-refractivity contribution in [2.75, 3.05) is 6.54 Å². The van der Waals surface area contributed by atoms with Crippen molar-refractivity contribution in [1.82, 2.24) is 10.6 Å². The first kappa shape index (κ1) is 19.6. The summed E-state index contributed by atoms with van der Waals surface area (Å²) in [4.78, 5) is 13.7.